The molecule has 0 saturated carbocycles. The lowest BCUT2D eigenvalue weighted by Gasteiger charge is -2.31. The third-order valence-corrected chi connectivity index (χ3v) is 7.44. The van der Waals surface area contributed by atoms with Gasteiger partial charge in [-0.05, 0) is 79.9 Å². The summed E-state index contributed by atoms with van der Waals surface area (Å²) in [6, 6.07) is 22.8. The van der Waals surface area contributed by atoms with Gasteiger partial charge in [-0.3, -0.25) is 10.2 Å². The molecule has 3 N–H and O–H groups in total. The number of halogens is 1. The summed E-state index contributed by atoms with van der Waals surface area (Å²) in [5.74, 6) is 1.36. The van der Waals surface area contributed by atoms with Crippen molar-refractivity contribution in [3.8, 4) is 11.5 Å². The first-order valence-electron chi connectivity index (χ1n) is 14.5. The van der Waals surface area contributed by atoms with E-state index in [9.17, 15) is 4.79 Å². The van der Waals surface area contributed by atoms with E-state index in [0.29, 0.717) is 49.1 Å². The molecule has 1 amide bonds. The van der Waals surface area contributed by atoms with E-state index in [0.717, 1.165) is 22.0 Å². The highest BCUT2D eigenvalue weighted by Crippen LogP contribution is 2.43. The van der Waals surface area contributed by atoms with E-state index in [-0.39, 0.29) is 25.0 Å². The Morgan fingerprint density at radius 1 is 1.05 bits per heavy atom. The SMILES string of the molecule is COc1cccc([C@@H]2OC(c3ccc(OCCCO)cc3)=N[C@]2(Cc2ccc(Br)cc2)C(=O)NNCCCOC(C)C)c1. The van der Waals surface area contributed by atoms with Gasteiger partial charge in [0.25, 0.3) is 5.91 Å². The number of benzene rings is 3. The third kappa shape index (κ3) is 8.79. The van der Waals surface area contributed by atoms with Crippen molar-refractivity contribution in [1.82, 2.24) is 10.9 Å². The molecule has 1 aliphatic rings. The van der Waals surface area contributed by atoms with Crippen LogP contribution in [0.3, 0.4) is 0 Å². The van der Waals surface area contributed by atoms with Gasteiger partial charge in [-0.15, -0.1) is 0 Å². The monoisotopic (exact) mass is 653 g/mol. The summed E-state index contributed by atoms with van der Waals surface area (Å²) >= 11 is 3.51. The molecule has 0 bridgehead atoms. The standard InChI is InChI=1S/C33H40BrN3O6/c1-23(2)41-19-5-17-35-37-32(39)33(22-24-9-13-27(34)14-10-24)30(26-7-4-8-29(21-26)40-3)43-31(36-33)25-11-15-28(16-12-25)42-20-6-18-38/h4,7-16,21,23,30,35,38H,5-6,17-20,22H2,1-3H3,(H,37,39)/t30-,33-/m0/s1. The van der Waals surface area contributed by atoms with E-state index in [1.165, 1.54) is 0 Å². The number of carbonyl (C=O) groups excluding carboxylic acids is 1. The van der Waals surface area contributed by atoms with Crippen LogP contribution in [-0.2, 0) is 20.7 Å². The molecule has 0 aliphatic carbocycles. The first-order chi connectivity index (χ1) is 20.8. The van der Waals surface area contributed by atoms with E-state index in [4.69, 9.17) is 29.0 Å². The first kappa shape index (κ1) is 32.5. The smallest absolute Gasteiger partial charge is 0.266 e. The molecule has 0 spiro atoms. The second-order valence-electron chi connectivity index (χ2n) is 10.5. The number of hydrogen-bond donors (Lipinski definition) is 3. The van der Waals surface area contributed by atoms with Crippen molar-refractivity contribution in [3.05, 3.63) is 94.0 Å². The molecule has 1 heterocycles. The molecule has 3 aromatic rings. The van der Waals surface area contributed by atoms with Crippen molar-refractivity contribution in [2.75, 3.05) is 33.5 Å². The number of methoxy groups -OCH3 is 1. The zero-order valence-corrected chi connectivity index (χ0v) is 26.4. The Morgan fingerprint density at radius 3 is 2.51 bits per heavy atom. The molecular formula is C33H40BrN3O6. The number of amides is 1. The Bertz CT molecular complexity index is 1350. The Morgan fingerprint density at radius 2 is 1.81 bits per heavy atom. The van der Waals surface area contributed by atoms with Gasteiger partial charge >= 0.3 is 0 Å². The van der Waals surface area contributed by atoms with Gasteiger partial charge in [0.05, 0.1) is 19.8 Å². The summed E-state index contributed by atoms with van der Waals surface area (Å²) in [4.78, 5) is 19.3. The number of nitrogens with one attached hydrogen (secondary N) is 2. The molecule has 1 aliphatic heterocycles. The number of rotatable bonds is 16. The van der Waals surface area contributed by atoms with Crippen molar-refractivity contribution < 1.29 is 28.8 Å². The Kier molecular flexibility index (Phi) is 12.0. The fourth-order valence-electron chi connectivity index (χ4n) is 4.73. The number of aliphatic hydroxyl groups is 1. The lowest BCUT2D eigenvalue weighted by atomic mass is 9.82. The number of carbonyl (C=O) groups is 1. The summed E-state index contributed by atoms with van der Waals surface area (Å²) in [5, 5.41) is 9.04. The van der Waals surface area contributed by atoms with Crippen LogP contribution < -0.4 is 20.3 Å². The maximum Gasteiger partial charge on any atom is 0.266 e. The van der Waals surface area contributed by atoms with Gasteiger partial charge in [-0.2, -0.15) is 0 Å². The van der Waals surface area contributed by atoms with Crippen molar-refractivity contribution >= 4 is 27.7 Å². The maximum absolute atomic E-state index is 14.2. The summed E-state index contributed by atoms with van der Waals surface area (Å²) in [6.45, 7) is 5.59. The second-order valence-corrected chi connectivity index (χ2v) is 11.4. The fourth-order valence-corrected chi connectivity index (χ4v) is 5.00. The van der Waals surface area contributed by atoms with Crippen LogP contribution in [0.25, 0.3) is 0 Å². The summed E-state index contributed by atoms with van der Waals surface area (Å²) < 4.78 is 24.3. The van der Waals surface area contributed by atoms with E-state index in [2.05, 4.69) is 26.8 Å². The Hall–Kier alpha value is -3.44. The highest BCUT2D eigenvalue weighted by Gasteiger charge is 2.53. The van der Waals surface area contributed by atoms with E-state index < -0.39 is 11.6 Å². The number of nitrogens with zero attached hydrogens (tertiary/aromatic N) is 1. The molecular weight excluding hydrogens is 614 g/mol. The summed E-state index contributed by atoms with van der Waals surface area (Å²) in [5.41, 5.74) is 7.04. The number of hydrazine groups is 1. The van der Waals surface area contributed by atoms with Crippen LogP contribution in [-0.4, -0.2) is 62.0 Å². The minimum absolute atomic E-state index is 0.0669. The molecule has 0 aromatic heterocycles. The van der Waals surface area contributed by atoms with Crippen LogP contribution in [0.2, 0.25) is 0 Å². The predicted molar refractivity (Wildman–Crippen MR) is 169 cm³/mol. The summed E-state index contributed by atoms with van der Waals surface area (Å²) in [6.07, 6.45) is 0.976. The average Bonchev–Trinajstić information content (AvgIpc) is 3.40. The van der Waals surface area contributed by atoms with Gasteiger partial charge in [0.15, 0.2) is 11.6 Å². The minimum Gasteiger partial charge on any atom is -0.497 e. The quantitative estimate of drug-likeness (QED) is 0.145. The molecule has 10 heteroatoms. The molecule has 43 heavy (non-hydrogen) atoms. The fraction of sp³-hybridized carbons (Fsp3) is 0.394. The number of aliphatic imine (C=N–C) groups is 1. The van der Waals surface area contributed by atoms with E-state index in [1.54, 1.807) is 7.11 Å². The first-order valence-corrected chi connectivity index (χ1v) is 15.3. The van der Waals surface area contributed by atoms with Gasteiger partial charge in [0.1, 0.15) is 11.5 Å². The van der Waals surface area contributed by atoms with Crippen LogP contribution >= 0.6 is 15.9 Å². The average molecular weight is 655 g/mol. The number of aliphatic hydroxyl groups excluding tert-OH is 1. The lowest BCUT2D eigenvalue weighted by Crippen LogP contribution is -2.54. The maximum atomic E-state index is 14.2. The third-order valence-electron chi connectivity index (χ3n) is 6.91. The van der Waals surface area contributed by atoms with Gasteiger partial charge in [-0.25, -0.2) is 10.4 Å². The molecule has 0 fully saturated rings. The molecule has 0 saturated heterocycles. The minimum atomic E-state index is -1.34. The molecule has 0 radical (unpaired) electrons. The van der Waals surface area contributed by atoms with Gasteiger partial charge in [0.2, 0.25) is 5.90 Å². The van der Waals surface area contributed by atoms with Crippen LogP contribution in [0.1, 0.15) is 49.5 Å². The second kappa shape index (κ2) is 15.9. The zero-order valence-electron chi connectivity index (χ0n) is 24.8. The number of ether oxygens (including phenoxy) is 4. The molecule has 2 atom stereocenters. The lowest BCUT2D eigenvalue weighted by molar-refractivity contribution is -0.130. The molecule has 4 rings (SSSR count). The highest BCUT2D eigenvalue weighted by atomic mass is 79.9. The van der Waals surface area contributed by atoms with Crippen molar-refractivity contribution in [2.24, 2.45) is 4.99 Å². The van der Waals surface area contributed by atoms with E-state index >= 15 is 0 Å². The van der Waals surface area contributed by atoms with Crippen molar-refractivity contribution in [3.63, 3.8) is 0 Å². The van der Waals surface area contributed by atoms with Crippen LogP contribution in [0.5, 0.6) is 11.5 Å². The van der Waals surface area contributed by atoms with Crippen LogP contribution in [0.4, 0.5) is 0 Å². The normalized spacial score (nSPS) is 17.8. The highest BCUT2D eigenvalue weighted by molar-refractivity contribution is 9.10. The summed E-state index contributed by atoms with van der Waals surface area (Å²) in [7, 11) is 1.61. The van der Waals surface area contributed by atoms with Crippen LogP contribution in [0, 0.1) is 0 Å². The van der Waals surface area contributed by atoms with Gasteiger partial charge < -0.3 is 24.1 Å². The van der Waals surface area contributed by atoms with Gasteiger partial charge in [0, 0.05) is 42.6 Å². The molecule has 9 nitrogen and oxygen atoms in total. The van der Waals surface area contributed by atoms with Gasteiger partial charge in [-0.1, -0.05) is 40.2 Å². The molecule has 230 valence electrons. The van der Waals surface area contributed by atoms with Crippen LogP contribution in [0.15, 0.2) is 82.3 Å². The largest absolute Gasteiger partial charge is 0.497 e. The predicted octanol–water partition coefficient (Wildman–Crippen LogP) is 5.15. The zero-order chi connectivity index (χ0) is 30.7. The Balaban J connectivity index is 1.69. The van der Waals surface area contributed by atoms with Crippen molar-refractivity contribution in [2.45, 2.75) is 50.9 Å². The molecule has 3 aromatic carbocycles. The molecule has 0 unspecified atom stereocenters. The number of hydrogen-bond acceptors (Lipinski definition) is 8. The van der Waals surface area contributed by atoms with Crippen molar-refractivity contribution in [1.29, 1.82) is 0 Å². The topological polar surface area (TPSA) is 111 Å². The Labute approximate surface area is 261 Å². The van der Waals surface area contributed by atoms with E-state index in [1.807, 2.05) is 86.6 Å².